The molecule has 2 rings (SSSR count). The molecule has 1 aromatic carbocycles. The summed E-state index contributed by atoms with van der Waals surface area (Å²) in [4.78, 5) is 8.23. The Hall–Kier alpha value is -1.43. The van der Waals surface area contributed by atoms with Gasteiger partial charge >= 0.3 is 0 Å². The van der Waals surface area contributed by atoms with Crippen LogP contribution in [0.3, 0.4) is 0 Å². The monoisotopic (exact) mass is 253 g/mol. The largest absolute Gasteiger partial charge is 0.398 e. The molecule has 1 heterocycles. The number of hydrogen-bond donors (Lipinski definition) is 3. The van der Waals surface area contributed by atoms with E-state index in [1.54, 1.807) is 18.3 Å². The number of aliphatic hydroxyl groups is 2. The van der Waals surface area contributed by atoms with E-state index in [1.807, 2.05) is 0 Å². The molecule has 6 heteroatoms. The molecule has 1 aromatic heterocycles. The number of hydrogen-bond acceptors (Lipinski definition) is 5. The molecule has 0 aliphatic heterocycles. The molecule has 0 fully saturated rings. The number of rotatable bonds is 3. The number of aliphatic hydroxyl groups excluding tert-OH is 2. The van der Waals surface area contributed by atoms with Crippen LogP contribution in [0.15, 0.2) is 24.5 Å². The molecule has 2 aromatic rings. The van der Waals surface area contributed by atoms with Crippen molar-refractivity contribution in [2.75, 3.05) is 11.6 Å². The summed E-state index contributed by atoms with van der Waals surface area (Å²) in [6.07, 6.45) is 0.789. The van der Waals surface area contributed by atoms with Gasteiger partial charge in [0, 0.05) is 23.6 Å². The van der Waals surface area contributed by atoms with Crippen LogP contribution in [-0.2, 0) is 0 Å². The van der Waals surface area contributed by atoms with Crippen molar-refractivity contribution < 1.29 is 10.2 Å². The SMILES string of the molecule is Nc1ccc2nccnc2c1C(O)C(O)CCl. The van der Waals surface area contributed by atoms with Crippen molar-refractivity contribution in [1.29, 1.82) is 0 Å². The Balaban J connectivity index is 2.62. The maximum atomic E-state index is 9.99. The minimum absolute atomic E-state index is 0.0861. The van der Waals surface area contributed by atoms with Crippen molar-refractivity contribution in [3.05, 3.63) is 30.1 Å². The van der Waals surface area contributed by atoms with Crippen LogP contribution in [0.4, 0.5) is 5.69 Å². The van der Waals surface area contributed by atoms with Gasteiger partial charge in [0.2, 0.25) is 0 Å². The van der Waals surface area contributed by atoms with E-state index >= 15 is 0 Å². The van der Waals surface area contributed by atoms with Crippen LogP contribution in [0.25, 0.3) is 11.0 Å². The van der Waals surface area contributed by atoms with Crippen molar-refractivity contribution in [3.8, 4) is 0 Å². The fourth-order valence-electron chi connectivity index (χ4n) is 1.66. The van der Waals surface area contributed by atoms with Crippen LogP contribution in [0.1, 0.15) is 11.7 Å². The highest BCUT2D eigenvalue weighted by Crippen LogP contribution is 2.29. The van der Waals surface area contributed by atoms with Crippen LogP contribution < -0.4 is 5.73 Å². The second-order valence-electron chi connectivity index (χ2n) is 3.66. The first kappa shape index (κ1) is 12.0. The van der Waals surface area contributed by atoms with Gasteiger partial charge in [-0.15, -0.1) is 11.6 Å². The van der Waals surface area contributed by atoms with E-state index in [0.29, 0.717) is 22.3 Å². The number of nitrogen functional groups attached to an aromatic ring is 1. The lowest BCUT2D eigenvalue weighted by atomic mass is 10.0. The predicted octanol–water partition coefficient (Wildman–Crippen LogP) is 0.845. The molecule has 0 spiro atoms. The normalized spacial score (nSPS) is 14.8. The number of halogens is 1. The Kier molecular flexibility index (Phi) is 3.42. The zero-order valence-corrected chi connectivity index (χ0v) is 9.67. The Morgan fingerprint density at radius 3 is 2.65 bits per heavy atom. The minimum Gasteiger partial charge on any atom is -0.398 e. The van der Waals surface area contributed by atoms with Crippen molar-refractivity contribution >= 4 is 28.3 Å². The molecule has 2 unspecified atom stereocenters. The summed E-state index contributed by atoms with van der Waals surface area (Å²) >= 11 is 5.51. The Morgan fingerprint density at radius 1 is 1.24 bits per heavy atom. The third kappa shape index (κ3) is 2.17. The third-order valence-corrected chi connectivity index (χ3v) is 2.85. The minimum atomic E-state index is -1.17. The second-order valence-corrected chi connectivity index (χ2v) is 3.97. The van der Waals surface area contributed by atoms with Crippen LogP contribution in [0, 0.1) is 0 Å². The lowest BCUT2D eigenvalue weighted by Crippen LogP contribution is -2.21. The van der Waals surface area contributed by atoms with E-state index in [9.17, 15) is 10.2 Å². The quantitative estimate of drug-likeness (QED) is 0.557. The van der Waals surface area contributed by atoms with Gasteiger partial charge in [0.15, 0.2) is 0 Å². The first-order chi connectivity index (χ1) is 8.15. The van der Waals surface area contributed by atoms with E-state index in [4.69, 9.17) is 17.3 Å². The summed E-state index contributed by atoms with van der Waals surface area (Å²) in [5.74, 6) is -0.0861. The number of nitrogens with two attached hydrogens (primary N) is 1. The number of alkyl halides is 1. The summed E-state index contributed by atoms with van der Waals surface area (Å²) in [6, 6.07) is 3.33. The van der Waals surface area contributed by atoms with Gasteiger partial charge in [0.25, 0.3) is 0 Å². The summed E-state index contributed by atoms with van der Waals surface area (Å²) in [6.45, 7) is 0. The number of fused-ring (bicyclic) bond motifs is 1. The maximum Gasteiger partial charge on any atom is 0.110 e. The van der Waals surface area contributed by atoms with Crippen molar-refractivity contribution in [2.24, 2.45) is 0 Å². The smallest absolute Gasteiger partial charge is 0.110 e. The predicted molar refractivity (Wildman–Crippen MR) is 65.6 cm³/mol. The van der Waals surface area contributed by atoms with Crippen molar-refractivity contribution in [2.45, 2.75) is 12.2 Å². The molecular formula is C11H12ClN3O2. The van der Waals surface area contributed by atoms with Gasteiger partial charge in [0.05, 0.1) is 23.0 Å². The molecule has 0 aliphatic rings. The summed E-state index contributed by atoms with van der Waals surface area (Å²) in [7, 11) is 0. The lowest BCUT2D eigenvalue weighted by molar-refractivity contribution is 0.0339. The second kappa shape index (κ2) is 4.83. The van der Waals surface area contributed by atoms with Gasteiger partial charge in [-0.2, -0.15) is 0 Å². The average Bonchev–Trinajstić information content (AvgIpc) is 2.37. The van der Waals surface area contributed by atoms with Gasteiger partial charge < -0.3 is 15.9 Å². The van der Waals surface area contributed by atoms with Crippen molar-refractivity contribution in [3.63, 3.8) is 0 Å². The molecule has 2 atom stereocenters. The van der Waals surface area contributed by atoms with Gasteiger partial charge in [-0.25, -0.2) is 0 Å². The van der Waals surface area contributed by atoms with Crippen LogP contribution in [-0.4, -0.2) is 32.2 Å². The molecule has 90 valence electrons. The molecule has 0 saturated heterocycles. The fraction of sp³-hybridized carbons (Fsp3) is 0.273. The van der Waals surface area contributed by atoms with E-state index in [2.05, 4.69) is 9.97 Å². The summed E-state index contributed by atoms with van der Waals surface area (Å²) in [5.41, 5.74) is 7.60. The molecular weight excluding hydrogens is 242 g/mol. The van der Waals surface area contributed by atoms with E-state index in [1.165, 1.54) is 6.20 Å². The van der Waals surface area contributed by atoms with Crippen molar-refractivity contribution in [1.82, 2.24) is 9.97 Å². The number of aromatic nitrogens is 2. The third-order valence-electron chi connectivity index (χ3n) is 2.53. The zero-order valence-electron chi connectivity index (χ0n) is 8.92. The van der Waals surface area contributed by atoms with Gasteiger partial charge in [0.1, 0.15) is 6.10 Å². The molecule has 0 aliphatic carbocycles. The van der Waals surface area contributed by atoms with Crippen LogP contribution >= 0.6 is 11.6 Å². The highest BCUT2D eigenvalue weighted by molar-refractivity contribution is 6.18. The summed E-state index contributed by atoms with van der Waals surface area (Å²) in [5, 5.41) is 19.6. The van der Waals surface area contributed by atoms with E-state index in [-0.39, 0.29) is 5.88 Å². The Labute approximate surface area is 103 Å². The number of nitrogens with zero attached hydrogens (tertiary/aromatic N) is 2. The topological polar surface area (TPSA) is 92.3 Å². The molecule has 0 amide bonds. The molecule has 17 heavy (non-hydrogen) atoms. The zero-order chi connectivity index (χ0) is 12.4. The van der Waals surface area contributed by atoms with Crippen LogP contribution in [0.2, 0.25) is 0 Å². The van der Waals surface area contributed by atoms with Gasteiger partial charge in [-0.05, 0) is 12.1 Å². The number of anilines is 1. The van der Waals surface area contributed by atoms with Gasteiger partial charge in [-0.1, -0.05) is 0 Å². The highest BCUT2D eigenvalue weighted by Gasteiger charge is 2.22. The number of benzene rings is 1. The first-order valence-corrected chi connectivity index (χ1v) is 5.59. The van der Waals surface area contributed by atoms with E-state index in [0.717, 1.165) is 0 Å². The molecule has 0 radical (unpaired) electrons. The Bertz CT molecular complexity index is 535. The molecule has 4 N–H and O–H groups in total. The molecule has 0 saturated carbocycles. The fourth-order valence-corrected chi connectivity index (χ4v) is 1.83. The standard InChI is InChI=1S/C11H12ClN3O2/c12-5-8(16)11(17)9-6(13)1-2-7-10(9)15-4-3-14-7/h1-4,8,11,16-17H,5,13H2. The van der Waals surface area contributed by atoms with Gasteiger partial charge in [-0.3, -0.25) is 9.97 Å². The molecule has 0 bridgehead atoms. The lowest BCUT2D eigenvalue weighted by Gasteiger charge is -2.18. The maximum absolute atomic E-state index is 9.99. The summed E-state index contributed by atoms with van der Waals surface area (Å²) < 4.78 is 0. The Morgan fingerprint density at radius 2 is 1.94 bits per heavy atom. The highest BCUT2D eigenvalue weighted by atomic mass is 35.5. The van der Waals surface area contributed by atoms with Crippen LogP contribution in [0.5, 0.6) is 0 Å². The first-order valence-electron chi connectivity index (χ1n) is 5.06. The molecule has 5 nitrogen and oxygen atoms in total. The van der Waals surface area contributed by atoms with E-state index < -0.39 is 12.2 Å². The average molecular weight is 254 g/mol.